The summed E-state index contributed by atoms with van der Waals surface area (Å²) in [4.78, 5) is 12.3. The van der Waals surface area contributed by atoms with Crippen LogP contribution < -0.4 is 21.8 Å². The number of fused-ring (bicyclic) bond motifs is 1. The molecule has 0 bridgehead atoms. The molecule has 3 aromatic rings. The van der Waals surface area contributed by atoms with E-state index in [-0.39, 0.29) is 22.1 Å². The van der Waals surface area contributed by atoms with Crippen molar-refractivity contribution < 1.29 is 14.6 Å². The molecule has 0 aliphatic rings. The molecule has 154 valence electrons. The molecule has 1 heterocycles. The minimum atomic E-state index is -0.433. The molecule has 6 N–H and O–H groups in total. The molecular weight excluding hydrogens is 370 g/mol. The minimum Gasteiger partial charge on any atom is -0.504 e. The first-order valence-electron chi connectivity index (χ1n) is 9.84. The van der Waals surface area contributed by atoms with Crippen LogP contribution in [0, 0.1) is 0 Å². The Balaban J connectivity index is 1.60. The first kappa shape index (κ1) is 20.7. The van der Waals surface area contributed by atoms with Gasteiger partial charge < -0.3 is 31.0 Å². The van der Waals surface area contributed by atoms with Gasteiger partial charge in [0.2, 0.25) is 5.75 Å². The van der Waals surface area contributed by atoms with Gasteiger partial charge in [-0.05, 0) is 75.3 Å². The normalized spacial score (nSPS) is 11.1. The van der Waals surface area contributed by atoms with Gasteiger partial charge in [-0.25, -0.2) is 0 Å². The third kappa shape index (κ3) is 5.28. The lowest BCUT2D eigenvalue weighted by atomic mass is 10.1. The van der Waals surface area contributed by atoms with E-state index in [2.05, 4.69) is 10.6 Å². The maximum absolute atomic E-state index is 12.3. The summed E-state index contributed by atoms with van der Waals surface area (Å²) in [6.45, 7) is 3.55. The zero-order valence-electron chi connectivity index (χ0n) is 16.3. The fourth-order valence-corrected chi connectivity index (χ4v) is 3.05. The van der Waals surface area contributed by atoms with E-state index < -0.39 is 5.75 Å². The van der Waals surface area contributed by atoms with Gasteiger partial charge in [0.1, 0.15) is 5.76 Å². The lowest BCUT2D eigenvalue weighted by Gasteiger charge is -2.09. The van der Waals surface area contributed by atoms with Crippen LogP contribution in [0.1, 0.15) is 19.3 Å². The van der Waals surface area contributed by atoms with E-state index in [1.54, 1.807) is 0 Å². The predicted molar refractivity (Wildman–Crippen MR) is 116 cm³/mol. The Labute approximate surface area is 169 Å². The number of benzene rings is 2. The summed E-state index contributed by atoms with van der Waals surface area (Å²) in [7, 11) is 0. The molecule has 0 amide bonds. The summed E-state index contributed by atoms with van der Waals surface area (Å²) in [5.74, 6) is -0.428. The fourth-order valence-electron chi connectivity index (χ4n) is 3.05. The fraction of sp³-hybridized carbons (Fsp3) is 0.318. The van der Waals surface area contributed by atoms with Gasteiger partial charge in [0, 0.05) is 23.9 Å². The third-order valence-corrected chi connectivity index (χ3v) is 4.69. The molecule has 0 saturated heterocycles. The number of unbranched alkanes of at least 4 members (excludes halogenated alkanes) is 1. The lowest BCUT2D eigenvalue weighted by molar-refractivity contribution is 0.400. The molecule has 0 atom stereocenters. The minimum absolute atomic E-state index is 0.0187. The topological polar surface area (TPSA) is 121 Å². The first-order chi connectivity index (χ1) is 14.1. The summed E-state index contributed by atoms with van der Waals surface area (Å²) in [5.41, 5.74) is 6.85. The smallest absolute Gasteiger partial charge is 0.201 e. The molecule has 0 spiro atoms. The second-order valence-electron chi connectivity index (χ2n) is 6.89. The summed E-state index contributed by atoms with van der Waals surface area (Å²) >= 11 is 0. The van der Waals surface area contributed by atoms with Crippen molar-refractivity contribution in [1.29, 1.82) is 0 Å². The second-order valence-corrected chi connectivity index (χ2v) is 6.89. The van der Waals surface area contributed by atoms with Crippen LogP contribution in [0.3, 0.4) is 0 Å². The van der Waals surface area contributed by atoms with Crippen LogP contribution in [0.25, 0.3) is 22.3 Å². The number of rotatable bonds is 10. The Hall–Kier alpha value is -3.03. The van der Waals surface area contributed by atoms with Gasteiger partial charge in [-0.1, -0.05) is 0 Å². The van der Waals surface area contributed by atoms with Gasteiger partial charge in [0.05, 0.1) is 5.39 Å². The molecule has 7 nitrogen and oxygen atoms in total. The van der Waals surface area contributed by atoms with E-state index in [1.807, 2.05) is 24.3 Å². The highest BCUT2D eigenvalue weighted by atomic mass is 16.4. The van der Waals surface area contributed by atoms with Gasteiger partial charge in [0.15, 0.2) is 16.8 Å². The van der Waals surface area contributed by atoms with Crippen molar-refractivity contribution in [2.45, 2.75) is 19.3 Å². The van der Waals surface area contributed by atoms with Gasteiger partial charge in [-0.15, -0.1) is 0 Å². The molecule has 7 heteroatoms. The highest BCUT2D eigenvalue weighted by molar-refractivity contribution is 5.86. The Morgan fingerprint density at radius 2 is 1.66 bits per heavy atom. The van der Waals surface area contributed by atoms with Crippen molar-refractivity contribution in [2.24, 2.45) is 5.73 Å². The number of phenols is 2. The van der Waals surface area contributed by atoms with Crippen LogP contribution >= 0.6 is 0 Å². The van der Waals surface area contributed by atoms with Crippen molar-refractivity contribution in [2.75, 3.05) is 31.5 Å². The largest absolute Gasteiger partial charge is 0.504 e. The number of phenolic OH excluding ortho intramolecular Hbond substituents is 2. The zero-order valence-corrected chi connectivity index (χ0v) is 16.3. The van der Waals surface area contributed by atoms with E-state index in [0.29, 0.717) is 11.3 Å². The molecule has 29 heavy (non-hydrogen) atoms. The highest BCUT2D eigenvalue weighted by Gasteiger charge is 2.13. The van der Waals surface area contributed by atoms with Crippen LogP contribution in [-0.2, 0) is 0 Å². The monoisotopic (exact) mass is 397 g/mol. The quantitative estimate of drug-likeness (QED) is 0.263. The highest BCUT2D eigenvalue weighted by Crippen LogP contribution is 2.34. The molecule has 3 rings (SSSR count). The SMILES string of the molecule is NCCCNCCCCNc1ccc(-c2cc(=O)c3ccc(O)c(O)c3o2)cc1. The van der Waals surface area contributed by atoms with Crippen LogP contribution in [0.2, 0.25) is 0 Å². The Morgan fingerprint density at radius 3 is 2.41 bits per heavy atom. The van der Waals surface area contributed by atoms with Crippen molar-refractivity contribution >= 4 is 16.7 Å². The van der Waals surface area contributed by atoms with Gasteiger partial charge >= 0.3 is 0 Å². The Morgan fingerprint density at radius 1 is 0.931 bits per heavy atom. The number of anilines is 1. The number of hydrogen-bond donors (Lipinski definition) is 5. The average Bonchev–Trinajstić information content (AvgIpc) is 2.73. The van der Waals surface area contributed by atoms with Crippen molar-refractivity contribution in [1.82, 2.24) is 5.32 Å². The van der Waals surface area contributed by atoms with E-state index in [9.17, 15) is 15.0 Å². The average molecular weight is 397 g/mol. The van der Waals surface area contributed by atoms with Crippen molar-refractivity contribution in [3.8, 4) is 22.8 Å². The van der Waals surface area contributed by atoms with Crippen LogP contribution in [0.4, 0.5) is 5.69 Å². The molecule has 0 unspecified atom stereocenters. The van der Waals surface area contributed by atoms with Gasteiger partial charge in [-0.3, -0.25) is 4.79 Å². The molecule has 0 radical (unpaired) electrons. The van der Waals surface area contributed by atoms with Crippen LogP contribution in [-0.4, -0.2) is 36.4 Å². The number of hydrogen-bond acceptors (Lipinski definition) is 7. The predicted octanol–water partition coefficient (Wildman–Crippen LogP) is 3.00. The number of nitrogens with two attached hydrogens (primary N) is 1. The maximum Gasteiger partial charge on any atom is 0.201 e. The van der Waals surface area contributed by atoms with Gasteiger partial charge in [0.25, 0.3) is 0 Å². The molecule has 0 aliphatic carbocycles. The van der Waals surface area contributed by atoms with E-state index in [0.717, 1.165) is 51.1 Å². The third-order valence-electron chi connectivity index (χ3n) is 4.69. The molecule has 0 aliphatic heterocycles. The summed E-state index contributed by atoms with van der Waals surface area (Å²) < 4.78 is 5.69. The summed E-state index contributed by atoms with van der Waals surface area (Å²) in [6.07, 6.45) is 3.15. The summed E-state index contributed by atoms with van der Waals surface area (Å²) in [6, 6.07) is 11.6. The zero-order chi connectivity index (χ0) is 20.6. The number of aromatic hydroxyl groups is 2. The Bertz CT molecular complexity index is 999. The van der Waals surface area contributed by atoms with Crippen LogP contribution in [0.5, 0.6) is 11.5 Å². The molecule has 2 aromatic carbocycles. The van der Waals surface area contributed by atoms with E-state index in [4.69, 9.17) is 10.2 Å². The molecule has 0 fully saturated rings. The first-order valence-corrected chi connectivity index (χ1v) is 9.84. The molecule has 0 saturated carbocycles. The van der Waals surface area contributed by atoms with E-state index >= 15 is 0 Å². The molecule has 1 aromatic heterocycles. The standard InChI is InChI=1S/C22H27N3O4/c23-10-3-12-24-11-1-2-13-25-16-6-4-15(5-7-16)20-14-19(27)17-8-9-18(26)21(28)22(17)29-20/h4-9,14,24-26,28H,1-3,10-13,23H2. The van der Waals surface area contributed by atoms with E-state index in [1.165, 1.54) is 18.2 Å². The van der Waals surface area contributed by atoms with Crippen molar-refractivity contribution in [3.05, 3.63) is 52.7 Å². The van der Waals surface area contributed by atoms with Gasteiger partial charge in [-0.2, -0.15) is 0 Å². The van der Waals surface area contributed by atoms with Crippen LogP contribution in [0.15, 0.2) is 51.7 Å². The maximum atomic E-state index is 12.3. The molecular formula is C22H27N3O4. The number of nitrogens with one attached hydrogen (secondary N) is 2. The Kier molecular flexibility index (Phi) is 7.10. The summed E-state index contributed by atoms with van der Waals surface area (Å²) in [5, 5.41) is 26.6. The van der Waals surface area contributed by atoms with Crippen molar-refractivity contribution in [3.63, 3.8) is 0 Å². The lowest BCUT2D eigenvalue weighted by Crippen LogP contribution is -2.19. The second kappa shape index (κ2) is 9.95.